The van der Waals surface area contributed by atoms with E-state index in [4.69, 9.17) is 17.3 Å². The molecule has 0 amide bonds. The minimum absolute atomic E-state index is 0.341. The number of nitrogens with one attached hydrogen (secondary N) is 2. The van der Waals surface area contributed by atoms with E-state index in [0.29, 0.717) is 18.6 Å². The van der Waals surface area contributed by atoms with Crippen molar-refractivity contribution in [3.8, 4) is 0 Å². The summed E-state index contributed by atoms with van der Waals surface area (Å²) in [5, 5.41) is 12.4. The van der Waals surface area contributed by atoms with Gasteiger partial charge >= 0.3 is 0 Å². The lowest BCUT2D eigenvalue weighted by Gasteiger charge is -2.27. The van der Waals surface area contributed by atoms with Gasteiger partial charge in [0.25, 0.3) is 0 Å². The summed E-state index contributed by atoms with van der Waals surface area (Å²) in [4.78, 5) is 4.42. The largest absolute Gasteiger partial charge is 0.378 e. The highest BCUT2D eigenvalue weighted by Crippen LogP contribution is 2.24. The fraction of sp³-hybridized carbons (Fsp3) is 0.368. The van der Waals surface area contributed by atoms with Gasteiger partial charge in [0.1, 0.15) is 5.82 Å². The molecule has 1 aliphatic rings. The first-order valence-corrected chi connectivity index (χ1v) is 9.40. The van der Waals surface area contributed by atoms with Gasteiger partial charge in [0, 0.05) is 42.1 Å². The minimum atomic E-state index is 0.341. The number of nitrogens with two attached hydrogens (primary N) is 1. The molecule has 4 rings (SSSR count). The monoisotopic (exact) mass is 370 g/mol. The zero-order chi connectivity index (χ0) is 17.9. The summed E-state index contributed by atoms with van der Waals surface area (Å²) in [6, 6.07) is 10.6. The lowest BCUT2D eigenvalue weighted by atomic mass is 9.92. The molecule has 6 nitrogen and oxygen atoms in total. The summed E-state index contributed by atoms with van der Waals surface area (Å²) < 4.78 is 1.81. The van der Waals surface area contributed by atoms with E-state index in [9.17, 15) is 0 Å². The van der Waals surface area contributed by atoms with E-state index >= 15 is 0 Å². The summed E-state index contributed by atoms with van der Waals surface area (Å²) in [5.41, 5.74) is 8.93. The summed E-state index contributed by atoms with van der Waals surface area (Å²) in [5.74, 6) is 0.856. The van der Waals surface area contributed by atoms with Crippen LogP contribution < -0.4 is 16.4 Å². The molecule has 3 aromatic rings. The van der Waals surface area contributed by atoms with Gasteiger partial charge in [-0.2, -0.15) is 0 Å². The quantitative estimate of drug-likeness (QED) is 0.638. The fourth-order valence-corrected chi connectivity index (χ4v) is 3.52. The molecule has 4 N–H and O–H groups in total. The van der Waals surface area contributed by atoms with Crippen molar-refractivity contribution in [2.24, 2.45) is 5.73 Å². The Hall–Kier alpha value is -2.31. The molecule has 136 valence electrons. The maximum absolute atomic E-state index is 6.01. The van der Waals surface area contributed by atoms with Gasteiger partial charge in [-0.1, -0.05) is 23.7 Å². The van der Waals surface area contributed by atoms with E-state index in [-0.39, 0.29) is 0 Å². The number of rotatable bonds is 5. The third kappa shape index (κ3) is 3.92. The number of fused-ring (bicyclic) bond motifs is 1. The van der Waals surface area contributed by atoms with Crippen LogP contribution in [0.1, 0.15) is 31.2 Å². The van der Waals surface area contributed by atoms with Crippen molar-refractivity contribution in [1.82, 2.24) is 14.6 Å². The molecule has 0 aliphatic heterocycles. The van der Waals surface area contributed by atoms with Crippen molar-refractivity contribution < 1.29 is 0 Å². The third-order valence-corrected chi connectivity index (χ3v) is 5.13. The number of hydrogen-bond donors (Lipinski definition) is 3. The van der Waals surface area contributed by atoms with Crippen LogP contribution in [0, 0.1) is 0 Å². The molecule has 2 heterocycles. The maximum atomic E-state index is 6.01. The number of aromatic nitrogens is 3. The second-order valence-electron chi connectivity index (χ2n) is 6.87. The fourth-order valence-electron chi connectivity index (χ4n) is 3.39. The predicted octanol–water partition coefficient (Wildman–Crippen LogP) is 3.68. The van der Waals surface area contributed by atoms with Crippen LogP contribution in [0.2, 0.25) is 5.02 Å². The van der Waals surface area contributed by atoms with Crippen LogP contribution >= 0.6 is 11.6 Å². The normalized spacial score (nSPS) is 20.2. The molecule has 0 radical (unpaired) electrons. The number of nitrogens with zero attached hydrogens (tertiary/aromatic N) is 3. The lowest BCUT2D eigenvalue weighted by molar-refractivity contribution is 0.410. The van der Waals surface area contributed by atoms with Crippen molar-refractivity contribution in [1.29, 1.82) is 0 Å². The Balaban J connectivity index is 1.51. The number of halogens is 1. The predicted molar refractivity (Wildman–Crippen MR) is 106 cm³/mol. The lowest BCUT2D eigenvalue weighted by Crippen LogP contribution is -2.33. The SMILES string of the molecule is N[C@H]1CC[C@H](Nc2cc(NCc3ccc(Cl)cc3)c3nccn3n2)CC1. The summed E-state index contributed by atoms with van der Waals surface area (Å²) >= 11 is 5.96. The third-order valence-electron chi connectivity index (χ3n) is 4.88. The van der Waals surface area contributed by atoms with E-state index in [1.807, 2.05) is 36.5 Å². The zero-order valence-electron chi connectivity index (χ0n) is 14.5. The van der Waals surface area contributed by atoms with Gasteiger partial charge in [-0.25, -0.2) is 9.50 Å². The molecule has 0 bridgehead atoms. The molecule has 0 spiro atoms. The molecule has 1 aliphatic carbocycles. The van der Waals surface area contributed by atoms with Crippen LogP contribution in [0.5, 0.6) is 0 Å². The Morgan fingerprint density at radius 3 is 2.69 bits per heavy atom. The summed E-state index contributed by atoms with van der Waals surface area (Å²) in [6.07, 6.45) is 7.92. The van der Waals surface area contributed by atoms with E-state index in [1.165, 1.54) is 0 Å². The smallest absolute Gasteiger partial charge is 0.177 e. The van der Waals surface area contributed by atoms with Crippen molar-refractivity contribution in [3.05, 3.63) is 53.3 Å². The number of hydrogen-bond acceptors (Lipinski definition) is 5. The topological polar surface area (TPSA) is 80.3 Å². The first-order valence-electron chi connectivity index (χ1n) is 9.02. The molecule has 0 saturated heterocycles. The van der Waals surface area contributed by atoms with Gasteiger partial charge in [0.15, 0.2) is 5.65 Å². The second-order valence-corrected chi connectivity index (χ2v) is 7.31. The van der Waals surface area contributed by atoms with Crippen molar-refractivity contribution in [2.45, 2.75) is 44.3 Å². The van der Waals surface area contributed by atoms with Gasteiger partial charge in [-0.05, 0) is 43.4 Å². The van der Waals surface area contributed by atoms with Crippen LogP contribution in [0.4, 0.5) is 11.5 Å². The summed E-state index contributed by atoms with van der Waals surface area (Å²) in [7, 11) is 0. The van der Waals surface area contributed by atoms with Crippen molar-refractivity contribution in [2.75, 3.05) is 10.6 Å². The van der Waals surface area contributed by atoms with Gasteiger partial charge in [0.05, 0.1) is 5.69 Å². The Kier molecular flexibility index (Phi) is 4.95. The molecule has 1 fully saturated rings. The van der Waals surface area contributed by atoms with E-state index in [2.05, 4.69) is 20.7 Å². The second kappa shape index (κ2) is 7.51. The molecule has 0 unspecified atom stereocenters. The highest BCUT2D eigenvalue weighted by Gasteiger charge is 2.19. The van der Waals surface area contributed by atoms with E-state index in [0.717, 1.165) is 53.4 Å². The van der Waals surface area contributed by atoms with Gasteiger partial charge in [-0.15, -0.1) is 5.10 Å². The standard InChI is InChI=1S/C19H23ClN6/c20-14-3-1-13(2-4-14)12-23-17-11-18(25-26-10-9-22-19(17)26)24-16-7-5-15(21)6-8-16/h1-4,9-11,15-16,23H,5-8,12,21H2,(H,24,25)/t15-,16-. The summed E-state index contributed by atoms with van der Waals surface area (Å²) in [6.45, 7) is 0.696. The minimum Gasteiger partial charge on any atom is -0.378 e. The van der Waals surface area contributed by atoms with E-state index in [1.54, 1.807) is 10.7 Å². The maximum Gasteiger partial charge on any atom is 0.177 e. The van der Waals surface area contributed by atoms with E-state index < -0.39 is 0 Å². The van der Waals surface area contributed by atoms with Crippen LogP contribution in [-0.4, -0.2) is 26.7 Å². The zero-order valence-corrected chi connectivity index (χ0v) is 15.3. The molecule has 0 atom stereocenters. The molecule has 26 heavy (non-hydrogen) atoms. The molecule has 7 heteroatoms. The van der Waals surface area contributed by atoms with Gasteiger partial charge < -0.3 is 16.4 Å². The van der Waals surface area contributed by atoms with Crippen molar-refractivity contribution in [3.63, 3.8) is 0 Å². The first kappa shape index (κ1) is 17.1. The number of benzene rings is 1. The molecule has 1 aromatic carbocycles. The van der Waals surface area contributed by atoms with Crippen LogP contribution in [0.3, 0.4) is 0 Å². The molecule has 1 saturated carbocycles. The van der Waals surface area contributed by atoms with Crippen LogP contribution in [-0.2, 0) is 6.54 Å². The Bertz CT molecular complexity index is 867. The highest BCUT2D eigenvalue weighted by atomic mass is 35.5. The Morgan fingerprint density at radius 1 is 1.15 bits per heavy atom. The first-order chi connectivity index (χ1) is 12.7. The highest BCUT2D eigenvalue weighted by molar-refractivity contribution is 6.30. The molecule has 2 aromatic heterocycles. The van der Waals surface area contributed by atoms with Gasteiger partial charge in [0.2, 0.25) is 0 Å². The number of imidazole rings is 1. The Labute approximate surface area is 157 Å². The van der Waals surface area contributed by atoms with Gasteiger partial charge in [-0.3, -0.25) is 0 Å². The number of anilines is 2. The van der Waals surface area contributed by atoms with Crippen LogP contribution in [0.15, 0.2) is 42.7 Å². The Morgan fingerprint density at radius 2 is 1.92 bits per heavy atom. The molecular formula is C19H23ClN6. The van der Waals surface area contributed by atoms with Crippen molar-refractivity contribution >= 4 is 28.8 Å². The average molecular weight is 371 g/mol. The average Bonchev–Trinajstić information content (AvgIpc) is 3.12. The van der Waals surface area contributed by atoms with Crippen LogP contribution in [0.25, 0.3) is 5.65 Å². The molecular weight excluding hydrogens is 348 g/mol.